The van der Waals surface area contributed by atoms with Crippen LogP contribution in [0.2, 0.25) is 0 Å². The molecule has 0 rings (SSSR count). The molecule has 0 amide bonds. The van der Waals surface area contributed by atoms with Gasteiger partial charge in [0.15, 0.2) is 0 Å². The predicted molar refractivity (Wildman–Crippen MR) is 52.9 cm³/mol. The van der Waals surface area contributed by atoms with Crippen LogP contribution in [0.4, 0.5) is 0 Å². The minimum Gasteiger partial charge on any atom is -0.306 e. The minimum atomic E-state index is 0.911. The lowest BCUT2D eigenvalue weighted by atomic mass is 10.4. The van der Waals surface area contributed by atoms with Crippen LogP contribution in [0.5, 0.6) is 0 Å². The highest BCUT2D eigenvalue weighted by molar-refractivity contribution is 9.09. The predicted octanol–water partition coefficient (Wildman–Crippen LogP) is 1.38. The van der Waals surface area contributed by atoms with Crippen molar-refractivity contribution >= 4 is 21.8 Å². The van der Waals surface area contributed by atoms with Crippen LogP contribution in [-0.4, -0.2) is 30.3 Å². The molecule has 0 aromatic rings. The van der Waals surface area contributed by atoms with Gasteiger partial charge in [-0.15, -0.1) is 0 Å². The van der Waals surface area contributed by atoms with Gasteiger partial charge in [0, 0.05) is 32.0 Å². The molecular formula is C7H14BrN3. The van der Waals surface area contributed by atoms with Crippen LogP contribution in [0.1, 0.15) is 6.42 Å². The van der Waals surface area contributed by atoms with Gasteiger partial charge in [-0.2, -0.15) is 0 Å². The van der Waals surface area contributed by atoms with Crippen molar-refractivity contribution < 1.29 is 0 Å². The standard InChI is InChI=1S/C7H14BrN3/c1-4-10-11(3)7(9-2)5-6-8/h4,10H,1,5-6H2,2-3H3/b9-7+. The highest BCUT2D eigenvalue weighted by Crippen LogP contribution is 1.94. The van der Waals surface area contributed by atoms with Crippen LogP contribution in [-0.2, 0) is 0 Å². The van der Waals surface area contributed by atoms with Crippen LogP contribution in [0, 0.1) is 0 Å². The van der Waals surface area contributed by atoms with E-state index in [4.69, 9.17) is 0 Å². The van der Waals surface area contributed by atoms with E-state index in [-0.39, 0.29) is 0 Å². The molecule has 0 spiro atoms. The van der Waals surface area contributed by atoms with E-state index in [2.05, 4.69) is 32.9 Å². The molecule has 11 heavy (non-hydrogen) atoms. The van der Waals surface area contributed by atoms with Gasteiger partial charge in [-0.05, 0) is 0 Å². The number of hydrazine groups is 1. The lowest BCUT2D eigenvalue weighted by Gasteiger charge is -2.19. The van der Waals surface area contributed by atoms with Crippen molar-refractivity contribution in [3.63, 3.8) is 0 Å². The molecule has 0 aromatic carbocycles. The summed E-state index contributed by atoms with van der Waals surface area (Å²) < 4.78 is 0. The SMILES string of the molecule is C=CNN(C)/C(CCBr)=N/C. The summed E-state index contributed by atoms with van der Waals surface area (Å²) >= 11 is 3.35. The van der Waals surface area contributed by atoms with Crippen LogP contribution in [0.15, 0.2) is 17.8 Å². The minimum absolute atomic E-state index is 0.911. The van der Waals surface area contributed by atoms with Gasteiger partial charge in [0.2, 0.25) is 0 Å². The van der Waals surface area contributed by atoms with Crippen molar-refractivity contribution in [1.29, 1.82) is 0 Å². The summed E-state index contributed by atoms with van der Waals surface area (Å²) in [6.07, 6.45) is 2.53. The first kappa shape index (κ1) is 10.5. The molecule has 0 saturated heterocycles. The summed E-state index contributed by atoms with van der Waals surface area (Å²) in [6.45, 7) is 3.56. The number of nitrogens with zero attached hydrogens (tertiary/aromatic N) is 2. The van der Waals surface area contributed by atoms with Crippen molar-refractivity contribution in [2.45, 2.75) is 6.42 Å². The van der Waals surface area contributed by atoms with Crippen molar-refractivity contribution in [2.24, 2.45) is 4.99 Å². The Labute approximate surface area is 76.3 Å². The molecule has 1 N–H and O–H groups in total. The van der Waals surface area contributed by atoms with Crippen molar-refractivity contribution in [1.82, 2.24) is 10.4 Å². The third kappa shape index (κ3) is 4.03. The zero-order valence-corrected chi connectivity index (χ0v) is 8.56. The van der Waals surface area contributed by atoms with Gasteiger partial charge in [0.05, 0.1) is 0 Å². The Balaban J connectivity index is 3.92. The molecule has 0 aliphatic rings. The maximum absolute atomic E-state index is 4.10. The number of halogens is 1. The van der Waals surface area contributed by atoms with E-state index in [9.17, 15) is 0 Å². The van der Waals surface area contributed by atoms with Gasteiger partial charge in [-0.25, -0.2) is 0 Å². The van der Waals surface area contributed by atoms with Gasteiger partial charge >= 0.3 is 0 Å². The Hall–Kier alpha value is -0.510. The molecule has 0 aromatic heterocycles. The van der Waals surface area contributed by atoms with Crippen molar-refractivity contribution in [3.05, 3.63) is 12.8 Å². The first-order valence-electron chi connectivity index (χ1n) is 3.38. The Bertz CT molecular complexity index is 145. The van der Waals surface area contributed by atoms with Crippen molar-refractivity contribution in [3.8, 4) is 0 Å². The van der Waals surface area contributed by atoms with E-state index in [1.807, 2.05) is 12.1 Å². The maximum Gasteiger partial charge on any atom is 0.118 e. The molecule has 0 bridgehead atoms. The molecule has 0 radical (unpaired) electrons. The molecule has 0 aliphatic heterocycles. The molecule has 0 fully saturated rings. The number of nitrogens with one attached hydrogen (secondary N) is 1. The lowest BCUT2D eigenvalue weighted by molar-refractivity contribution is 0.425. The van der Waals surface area contributed by atoms with Gasteiger partial charge in [-0.1, -0.05) is 22.5 Å². The molecule has 0 unspecified atom stereocenters. The highest BCUT2D eigenvalue weighted by Gasteiger charge is 2.00. The fourth-order valence-corrected chi connectivity index (χ4v) is 1.08. The molecule has 4 heteroatoms. The first-order chi connectivity index (χ1) is 5.26. The Morgan fingerprint density at radius 2 is 2.45 bits per heavy atom. The van der Waals surface area contributed by atoms with Crippen LogP contribution >= 0.6 is 15.9 Å². The second kappa shape index (κ2) is 6.22. The molecule has 64 valence electrons. The molecule has 0 saturated carbocycles. The van der Waals surface area contributed by atoms with E-state index in [0.29, 0.717) is 0 Å². The number of alkyl halides is 1. The topological polar surface area (TPSA) is 27.6 Å². The number of hydrogen-bond acceptors (Lipinski definition) is 2. The first-order valence-corrected chi connectivity index (χ1v) is 4.50. The smallest absolute Gasteiger partial charge is 0.118 e. The highest BCUT2D eigenvalue weighted by atomic mass is 79.9. The summed E-state index contributed by atoms with van der Waals surface area (Å²) in [4.78, 5) is 4.10. The summed E-state index contributed by atoms with van der Waals surface area (Å²) in [5.41, 5.74) is 2.93. The van der Waals surface area contributed by atoms with E-state index in [0.717, 1.165) is 17.6 Å². The van der Waals surface area contributed by atoms with Gasteiger partial charge < -0.3 is 5.43 Å². The quantitative estimate of drug-likeness (QED) is 0.335. The average Bonchev–Trinajstić information content (AvgIpc) is 2.00. The summed E-state index contributed by atoms with van der Waals surface area (Å²) in [7, 11) is 3.69. The fraction of sp³-hybridized carbons (Fsp3) is 0.571. The summed E-state index contributed by atoms with van der Waals surface area (Å²) in [5, 5.41) is 2.76. The Kier molecular flexibility index (Phi) is 5.93. The molecular weight excluding hydrogens is 206 g/mol. The number of amidine groups is 1. The van der Waals surface area contributed by atoms with E-state index in [1.165, 1.54) is 0 Å². The van der Waals surface area contributed by atoms with Crippen LogP contribution in [0.25, 0.3) is 0 Å². The van der Waals surface area contributed by atoms with Gasteiger partial charge in [0.25, 0.3) is 0 Å². The summed E-state index contributed by atoms with van der Waals surface area (Å²) in [5.74, 6) is 1.00. The van der Waals surface area contributed by atoms with E-state index in [1.54, 1.807) is 13.2 Å². The largest absolute Gasteiger partial charge is 0.306 e. The summed E-state index contributed by atoms with van der Waals surface area (Å²) in [6, 6.07) is 0. The zero-order chi connectivity index (χ0) is 8.69. The number of aliphatic imine (C=N–C) groups is 1. The second-order valence-corrected chi connectivity index (χ2v) is 2.76. The second-order valence-electron chi connectivity index (χ2n) is 1.97. The number of rotatable bonds is 4. The van der Waals surface area contributed by atoms with E-state index < -0.39 is 0 Å². The third-order valence-corrected chi connectivity index (χ3v) is 1.64. The van der Waals surface area contributed by atoms with Crippen LogP contribution in [0.3, 0.4) is 0 Å². The Morgan fingerprint density at radius 3 is 2.82 bits per heavy atom. The fourth-order valence-electron chi connectivity index (χ4n) is 0.725. The normalized spacial score (nSPS) is 11.0. The van der Waals surface area contributed by atoms with Gasteiger partial charge in [-0.3, -0.25) is 10.0 Å². The number of hydrogen-bond donors (Lipinski definition) is 1. The third-order valence-electron chi connectivity index (χ3n) is 1.25. The molecule has 0 aliphatic carbocycles. The zero-order valence-electron chi connectivity index (χ0n) is 6.97. The van der Waals surface area contributed by atoms with Gasteiger partial charge in [0.1, 0.15) is 5.84 Å². The average molecular weight is 220 g/mol. The van der Waals surface area contributed by atoms with Crippen molar-refractivity contribution in [2.75, 3.05) is 19.4 Å². The Morgan fingerprint density at radius 1 is 1.82 bits per heavy atom. The molecule has 0 atom stereocenters. The van der Waals surface area contributed by atoms with Crippen LogP contribution < -0.4 is 5.43 Å². The lowest BCUT2D eigenvalue weighted by Crippen LogP contribution is -2.36. The van der Waals surface area contributed by atoms with E-state index >= 15 is 0 Å². The molecule has 3 nitrogen and oxygen atoms in total. The molecule has 0 heterocycles. The monoisotopic (exact) mass is 219 g/mol. The maximum atomic E-state index is 4.10.